The molecule has 0 aliphatic carbocycles. The summed E-state index contributed by atoms with van der Waals surface area (Å²) in [6, 6.07) is 18.6. The average molecular weight is 363 g/mol. The zero-order valence-electron chi connectivity index (χ0n) is 13.6. The summed E-state index contributed by atoms with van der Waals surface area (Å²) in [5.41, 5.74) is 7.97. The van der Waals surface area contributed by atoms with Gasteiger partial charge in [-0.15, -0.1) is 24.2 Å². The standard InChI is InChI=1S/C19H22N2OS.ClH/c20-17-10-12-21(13-11-17)19(22)16-6-8-18(9-7-16)23-14-15-4-2-1-3-5-15;/h1-9,17H,10-14,20H2;1H. The lowest BCUT2D eigenvalue weighted by Gasteiger charge is -2.30. The second-order valence-electron chi connectivity index (χ2n) is 5.93. The number of amides is 1. The molecule has 0 saturated carbocycles. The van der Waals surface area contributed by atoms with Gasteiger partial charge in [0.25, 0.3) is 5.91 Å². The van der Waals surface area contributed by atoms with Gasteiger partial charge in [0, 0.05) is 35.3 Å². The smallest absolute Gasteiger partial charge is 0.253 e. The first kappa shape index (κ1) is 18.8. The van der Waals surface area contributed by atoms with Crippen LogP contribution in [0.5, 0.6) is 0 Å². The number of nitrogens with zero attached hydrogens (tertiary/aromatic N) is 1. The Morgan fingerprint density at radius 3 is 2.29 bits per heavy atom. The van der Waals surface area contributed by atoms with Gasteiger partial charge in [-0.25, -0.2) is 0 Å². The molecule has 1 fully saturated rings. The number of hydrogen-bond donors (Lipinski definition) is 1. The number of rotatable bonds is 4. The third kappa shape index (κ3) is 5.00. The quantitative estimate of drug-likeness (QED) is 0.837. The van der Waals surface area contributed by atoms with Crippen molar-refractivity contribution in [3.05, 3.63) is 65.7 Å². The van der Waals surface area contributed by atoms with Gasteiger partial charge < -0.3 is 10.6 Å². The van der Waals surface area contributed by atoms with E-state index in [9.17, 15) is 4.79 Å². The Bertz CT molecular complexity index is 640. The molecule has 0 aromatic heterocycles. The van der Waals surface area contributed by atoms with Gasteiger partial charge in [0.1, 0.15) is 0 Å². The van der Waals surface area contributed by atoms with Gasteiger partial charge in [-0.3, -0.25) is 4.79 Å². The van der Waals surface area contributed by atoms with Crippen molar-refractivity contribution < 1.29 is 4.79 Å². The molecular formula is C19H23ClN2OS. The minimum Gasteiger partial charge on any atom is -0.339 e. The molecule has 24 heavy (non-hydrogen) atoms. The minimum absolute atomic E-state index is 0. The van der Waals surface area contributed by atoms with Crippen LogP contribution in [0.25, 0.3) is 0 Å². The Hall–Kier alpha value is -1.49. The van der Waals surface area contributed by atoms with Crippen molar-refractivity contribution >= 4 is 30.1 Å². The van der Waals surface area contributed by atoms with E-state index in [4.69, 9.17) is 5.73 Å². The first-order chi connectivity index (χ1) is 11.2. The number of piperidine rings is 1. The highest BCUT2D eigenvalue weighted by molar-refractivity contribution is 7.98. The molecule has 1 saturated heterocycles. The Labute approximate surface area is 154 Å². The van der Waals surface area contributed by atoms with Crippen molar-refractivity contribution in [2.24, 2.45) is 5.73 Å². The number of thioether (sulfide) groups is 1. The highest BCUT2D eigenvalue weighted by atomic mass is 35.5. The van der Waals surface area contributed by atoms with Crippen LogP contribution in [-0.2, 0) is 5.75 Å². The summed E-state index contributed by atoms with van der Waals surface area (Å²) < 4.78 is 0. The summed E-state index contributed by atoms with van der Waals surface area (Å²) >= 11 is 1.79. The van der Waals surface area contributed by atoms with Crippen LogP contribution in [0.15, 0.2) is 59.5 Å². The number of likely N-dealkylation sites (tertiary alicyclic amines) is 1. The maximum Gasteiger partial charge on any atom is 0.253 e. The van der Waals surface area contributed by atoms with Crippen LogP contribution < -0.4 is 5.73 Å². The molecule has 5 heteroatoms. The molecule has 0 bridgehead atoms. The maximum atomic E-state index is 12.5. The molecule has 0 unspecified atom stereocenters. The molecule has 1 aliphatic heterocycles. The van der Waals surface area contributed by atoms with Gasteiger partial charge in [0.15, 0.2) is 0 Å². The molecule has 3 rings (SSSR count). The summed E-state index contributed by atoms with van der Waals surface area (Å²) in [5, 5.41) is 0. The topological polar surface area (TPSA) is 46.3 Å². The predicted octanol–water partition coefficient (Wildman–Crippen LogP) is 3.96. The van der Waals surface area contributed by atoms with Crippen LogP contribution in [0.3, 0.4) is 0 Å². The van der Waals surface area contributed by atoms with E-state index < -0.39 is 0 Å². The number of hydrogen-bond acceptors (Lipinski definition) is 3. The van der Waals surface area contributed by atoms with Crippen molar-refractivity contribution in [1.82, 2.24) is 4.90 Å². The largest absolute Gasteiger partial charge is 0.339 e. The Morgan fingerprint density at radius 1 is 1.04 bits per heavy atom. The SMILES string of the molecule is Cl.NC1CCN(C(=O)c2ccc(SCc3ccccc3)cc2)CC1. The second-order valence-corrected chi connectivity index (χ2v) is 6.98. The van der Waals surface area contributed by atoms with Gasteiger partial charge in [-0.2, -0.15) is 0 Å². The fourth-order valence-electron chi connectivity index (χ4n) is 2.72. The normalized spacial score (nSPS) is 15.0. The Morgan fingerprint density at radius 2 is 1.67 bits per heavy atom. The Kier molecular flexibility index (Phi) is 7.16. The van der Waals surface area contributed by atoms with E-state index in [1.807, 2.05) is 35.2 Å². The van der Waals surface area contributed by atoms with E-state index in [-0.39, 0.29) is 24.4 Å². The molecule has 0 spiro atoms. The van der Waals surface area contributed by atoms with Crippen molar-refractivity contribution in [3.8, 4) is 0 Å². The molecule has 0 radical (unpaired) electrons. The fraction of sp³-hybridized carbons (Fsp3) is 0.316. The van der Waals surface area contributed by atoms with Crippen LogP contribution >= 0.6 is 24.2 Å². The summed E-state index contributed by atoms with van der Waals surface area (Å²) in [6.45, 7) is 1.54. The van der Waals surface area contributed by atoms with E-state index in [1.165, 1.54) is 10.5 Å². The molecule has 1 aliphatic rings. The highest BCUT2D eigenvalue weighted by Gasteiger charge is 2.21. The molecule has 2 aromatic rings. The third-order valence-corrected chi connectivity index (χ3v) is 5.26. The van der Waals surface area contributed by atoms with Gasteiger partial charge in [-0.05, 0) is 42.7 Å². The van der Waals surface area contributed by atoms with Crippen LogP contribution in [0, 0.1) is 0 Å². The van der Waals surface area contributed by atoms with Crippen molar-refractivity contribution in [1.29, 1.82) is 0 Å². The minimum atomic E-state index is 0. The molecule has 2 N–H and O–H groups in total. The van der Waals surface area contributed by atoms with Crippen LogP contribution in [0.4, 0.5) is 0 Å². The lowest BCUT2D eigenvalue weighted by Crippen LogP contribution is -2.42. The van der Waals surface area contributed by atoms with E-state index in [1.54, 1.807) is 11.8 Å². The second kappa shape index (κ2) is 9.11. The fourth-order valence-corrected chi connectivity index (χ4v) is 3.57. The molecule has 128 valence electrons. The summed E-state index contributed by atoms with van der Waals surface area (Å²) in [5.74, 6) is 1.06. The van der Waals surface area contributed by atoms with Crippen LogP contribution in [0.2, 0.25) is 0 Å². The lowest BCUT2D eigenvalue weighted by molar-refractivity contribution is 0.0714. The monoisotopic (exact) mass is 362 g/mol. The van der Waals surface area contributed by atoms with Crippen molar-refractivity contribution in [2.45, 2.75) is 29.5 Å². The van der Waals surface area contributed by atoms with E-state index in [0.29, 0.717) is 0 Å². The molecule has 1 amide bonds. The van der Waals surface area contributed by atoms with E-state index in [0.717, 1.165) is 37.2 Å². The summed E-state index contributed by atoms with van der Waals surface area (Å²) in [7, 11) is 0. The third-order valence-electron chi connectivity index (χ3n) is 4.18. The molecule has 3 nitrogen and oxygen atoms in total. The van der Waals surface area contributed by atoms with E-state index in [2.05, 4.69) is 24.3 Å². The highest BCUT2D eigenvalue weighted by Crippen LogP contribution is 2.23. The number of carbonyl (C=O) groups is 1. The molecule has 2 aromatic carbocycles. The van der Waals surface area contributed by atoms with Crippen molar-refractivity contribution in [3.63, 3.8) is 0 Å². The van der Waals surface area contributed by atoms with Crippen LogP contribution in [0.1, 0.15) is 28.8 Å². The number of benzene rings is 2. The number of nitrogens with two attached hydrogens (primary N) is 1. The molecule has 0 atom stereocenters. The summed E-state index contributed by atoms with van der Waals surface area (Å²) in [4.78, 5) is 15.6. The zero-order valence-corrected chi connectivity index (χ0v) is 15.2. The predicted molar refractivity (Wildman–Crippen MR) is 103 cm³/mol. The first-order valence-corrected chi connectivity index (χ1v) is 9.02. The Balaban J connectivity index is 0.00000208. The van der Waals surface area contributed by atoms with Gasteiger partial charge in [0.2, 0.25) is 0 Å². The zero-order chi connectivity index (χ0) is 16.1. The van der Waals surface area contributed by atoms with Crippen molar-refractivity contribution in [2.75, 3.05) is 13.1 Å². The van der Waals surface area contributed by atoms with Gasteiger partial charge in [0.05, 0.1) is 0 Å². The van der Waals surface area contributed by atoms with Gasteiger partial charge >= 0.3 is 0 Å². The number of halogens is 1. The first-order valence-electron chi connectivity index (χ1n) is 8.04. The molecule has 1 heterocycles. The van der Waals surface area contributed by atoms with Gasteiger partial charge in [-0.1, -0.05) is 30.3 Å². The maximum absolute atomic E-state index is 12.5. The lowest BCUT2D eigenvalue weighted by atomic mass is 10.1. The van der Waals surface area contributed by atoms with Crippen LogP contribution in [-0.4, -0.2) is 29.9 Å². The van der Waals surface area contributed by atoms with E-state index >= 15 is 0 Å². The average Bonchev–Trinajstić information content (AvgIpc) is 2.61. The summed E-state index contributed by atoms with van der Waals surface area (Å²) in [6.07, 6.45) is 1.80. The number of carbonyl (C=O) groups excluding carboxylic acids is 1. The molecular weight excluding hydrogens is 340 g/mol.